The zero-order valence-electron chi connectivity index (χ0n) is 7.16. The second-order valence-electron chi connectivity index (χ2n) is 3.12. The van der Waals surface area contributed by atoms with Crippen molar-refractivity contribution in [2.45, 2.75) is 19.4 Å². The van der Waals surface area contributed by atoms with E-state index in [4.69, 9.17) is 0 Å². The van der Waals surface area contributed by atoms with E-state index in [2.05, 4.69) is 14.9 Å². The lowest BCUT2D eigenvalue weighted by atomic mass is 10.4. The van der Waals surface area contributed by atoms with Gasteiger partial charge in [-0.3, -0.25) is 0 Å². The van der Waals surface area contributed by atoms with E-state index in [0.29, 0.717) is 0 Å². The lowest BCUT2D eigenvalue weighted by Gasteiger charge is -2.04. The average molecular weight is 188 g/mol. The number of rotatable bonds is 3. The van der Waals surface area contributed by atoms with Crippen molar-refractivity contribution in [2.24, 2.45) is 5.92 Å². The number of hydrogen-bond donors (Lipinski definition) is 1. The first kappa shape index (κ1) is 9.39. The summed E-state index contributed by atoms with van der Waals surface area (Å²) >= 11 is 0. The molecule has 0 amide bonds. The summed E-state index contributed by atoms with van der Waals surface area (Å²) < 4.78 is 2.18. The van der Waals surface area contributed by atoms with Gasteiger partial charge in [-0.25, -0.2) is 4.98 Å². The molecule has 12 heavy (non-hydrogen) atoms. The quantitative estimate of drug-likeness (QED) is 0.782. The van der Waals surface area contributed by atoms with Gasteiger partial charge < -0.3 is 9.88 Å². The number of aromatic nitrogens is 2. The van der Waals surface area contributed by atoms with E-state index in [1.807, 2.05) is 19.6 Å². The highest BCUT2D eigenvalue weighted by Crippen LogP contribution is 2.31. The van der Waals surface area contributed by atoms with E-state index >= 15 is 0 Å². The molecule has 1 saturated carbocycles. The van der Waals surface area contributed by atoms with E-state index in [9.17, 15) is 0 Å². The summed E-state index contributed by atoms with van der Waals surface area (Å²) in [5.41, 5.74) is 0. The Balaban J connectivity index is 0.000000720. The molecular formula is C8H14ClN3. The van der Waals surface area contributed by atoms with Crippen LogP contribution >= 0.6 is 12.4 Å². The Morgan fingerprint density at radius 3 is 3.00 bits per heavy atom. The predicted molar refractivity (Wildman–Crippen MR) is 51.7 cm³/mol. The lowest BCUT2D eigenvalue weighted by Crippen LogP contribution is -2.02. The first-order chi connectivity index (χ1) is 5.40. The third-order valence-electron chi connectivity index (χ3n) is 2.12. The zero-order chi connectivity index (χ0) is 7.68. The standard InChI is InChI=1S/C8H13N3.ClH/c1-9-8-4-10-6-11(8)5-7-2-3-7;/h4,6-7,9H,2-3,5H2,1H3;1H. The molecule has 3 nitrogen and oxygen atoms in total. The van der Waals surface area contributed by atoms with Crippen LogP contribution in [0.5, 0.6) is 0 Å². The van der Waals surface area contributed by atoms with Crippen molar-refractivity contribution in [3.8, 4) is 0 Å². The Morgan fingerprint density at radius 2 is 2.42 bits per heavy atom. The molecule has 1 aromatic rings. The van der Waals surface area contributed by atoms with E-state index in [0.717, 1.165) is 18.3 Å². The van der Waals surface area contributed by atoms with Gasteiger partial charge in [-0.15, -0.1) is 12.4 Å². The summed E-state index contributed by atoms with van der Waals surface area (Å²) in [5, 5.41) is 3.11. The highest BCUT2D eigenvalue weighted by Gasteiger charge is 2.22. The number of imidazole rings is 1. The summed E-state index contributed by atoms with van der Waals surface area (Å²) in [4.78, 5) is 4.07. The second-order valence-corrected chi connectivity index (χ2v) is 3.12. The SMILES string of the molecule is CNc1cncn1CC1CC1.Cl. The molecule has 4 heteroatoms. The number of halogens is 1. The summed E-state index contributed by atoms with van der Waals surface area (Å²) in [6, 6.07) is 0. The Labute approximate surface area is 78.6 Å². The van der Waals surface area contributed by atoms with Crippen LogP contribution in [0.4, 0.5) is 5.82 Å². The van der Waals surface area contributed by atoms with Crippen molar-refractivity contribution in [3.05, 3.63) is 12.5 Å². The molecule has 1 aliphatic carbocycles. The van der Waals surface area contributed by atoms with Crippen molar-refractivity contribution in [1.29, 1.82) is 0 Å². The van der Waals surface area contributed by atoms with Gasteiger partial charge in [0, 0.05) is 13.6 Å². The molecule has 0 atom stereocenters. The predicted octanol–water partition coefficient (Wildman–Crippen LogP) is 1.76. The van der Waals surface area contributed by atoms with Crippen LogP contribution in [0.1, 0.15) is 12.8 Å². The minimum absolute atomic E-state index is 0. The minimum Gasteiger partial charge on any atom is -0.373 e. The normalized spacial score (nSPS) is 15.4. The molecule has 1 N–H and O–H groups in total. The van der Waals surface area contributed by atoms with Gasteiger partial charge in [-0.1, -0.05) is 0 Å². The molecule has 0 aromatic carbocycles. The van der Waals surface area contributed by atoms with E-state index < -0.39 is 0 Å². The van der Waals surface area contributed by atoms with Gasteiger partial charge in [0.1, 0.15) is 5.82 Å². The number of anilines is 1. The number of nitrogens with one attached hydrogen (secondary N) is 1. The van der Waals surface area contributed by atoms with Crippen molar-refractivity contribution in [1.82, 2.24) is 9.55 Å². The van der Waals surface area contributed by atoms with Crippen LogP contribution < -0.4 is 5.32 Å². The fraction of sp³-hybridized carbons (Fsp3) is 0.625. The summed E-state index contributed by atoms with van der Waals surface area (Å²) in [7, 11) is 1.93. The number of hydrogen-bond acceptors (Lipinski definition) is 2. The smallest absolute Gasteiger partial charge is 0.125 e. The van der Waals surface area contributed by atoms with Crippen molar-refractivity contribution >= 4 is 18.2 Å². The third-order valence-corrected chi connectivity index (χ3v) is 2.12. The Kier molecular flexibility index (Phi) is 2.98. The van der Waals surface area contributed by atoms with Crippen LogP contribution in [0.2, 0.25) is 0 Å². The first-order valence-electron chi connectivity index (χ1n) is 4.08. The molecule has 0 unspecified atom stereocenters. The van der Waals surface area contributed by atoms with Crippen LogP contribution in [0, 0.1) is 5.92 Å². The lowest BCUT2D eigenvalue weighted by molar-refractivity contribution is 0.631. The van der Waals surface area contributed by atoms with Crippen molar-refractivity contribution in [3.63, 3.8) is 0 Å². The van der Waals surface area contributed by atoms with Crippen LogP contribution in [0.15, 0.2) is 12.5 Å². The maximum Gasteiger partial charge on any atom is 0.125 e. The van der Waals surface area contributed by atoms with Gasteiger partial charge in [0.2, 0.25) is 0 Å². The molecule has 68 valence electrons. The molecule has 2 rings (SSSR count). The van der Waals surface area contributed by atoms with Crippen LogP contribution in [-0.4, -0.2) is 16.6 Å². The molecule has 1 fully saturated rings. The van der Waals surface area contributed by atoms with Gasteiger partial charge in [-0.05, 0) is 18.8 Å². The zero-order valence-corrected chi connectivity index (χ0v) is 7.97. The van der Waals surface area contributed by atoms with Crippen molar-refractivity contribution in [2.75, 3.05) is 12.4 Å². The molecule has 0 spiro atoms. The highest BCUT2D eigenvalue weighted by molar-refractivity contribution is 5.85. The second kappa shape index (κ2) is 3.81. The van der Waals surface area contributed by atoms with Gasteiger partial charge >= 0.3 is 0 Å². The topological polar surface area (TPSA) is 29.9 Å². The summed E-state index contributed by atoms with van der Waals surface area (Å²) in [6.07, 6.45) is 6.54. The molecule has 1 heterocycles. The molecule has 0 bridgehead atoms. The molecular weight excluding hydrogens is 174 g/mol. The summed E-state index contributed by atoms with van der Waals surface area (Å²) in [5.74, 6) is 2.04. The van der Waals surface area contributed by atoms with Gasteiger partial charge in [-0.2, -0.15) is 0 Å². The monoisotopic (exact) mass is 187 g/mol. The Morgan fingerprint density at radius 1 is 1.67 bits per heavy atom. The van der Waals surface area contributed by atoms with Crippen LogP contribution in [-0.2, 0) is 6.54 Å². The fourth-order valence-corrected chi connectivity index (χ4v) is 1.25. The Bertz CT molecular complexity index is 242. The highest BCUT2D eigenvalue weighted by atomic mass is 35.5. The van der Waals surface area contributed by atoms with E-state index in [1.54, 1.807) is 0 Å². The van der Waals surface area contributed by atoms with E-state index in [1.165, 1.54) is 12.8 Å². The minimum atomic E-state index is 0. The first-order valence-corrected chi connectivity index (χ1v) is 4.08. The molecule has 1 aliphatic rings. The number of nitrogens with zero attached hydrogens (tertiary/aromatic N) is 2. The fourth-order valence-electron chi connectivity index (χ4n) is 1.25. The van der Waals surface area contributed by atoms with Crippen molar-refractivity contribution < 1.29 is 0 Å². The van der Waals surface area contributed by atoms with E-state index in [-0.39, 0.29) is 12.4 Å². The molecule has 0 saturated heterocycles. The molecule has 1 aromatic heterocycles. The van der Waals surface area contributed by atoms with Gasteiger partial charge in [0.05, 0.1) is 12.5 Å². The maximum absolute atomic E-state index is 4.07. The summed E-state index contributed by atoms with van der Waals surface area (Å²) in [6.45, 7) is 1.14. The van der Waals surface area contributed by atoms with Crippen LogP contribution in [0.25, 0.3) is 0 Å². The van der Waals surface area contributed by atoms with Crippen LogP contribution in [0.3, 0.4) is 0 Å². The van der Waals surface area contributed by atoms with Gasteiger partial charge in [0.15, 0.2) is 0 Å². The van der Waals surface area contributed by atoms with Gasteiger partial charge in [0.25, 0.3) is 0 Å². The third kappa shape index (κ3) is 1.91. The maximum atomic E-state index is 4.07. The molecule has 0 radical (unpaired) electrons. The largest absolute Gasteiger partial charge is 0.373 e. The Hall–Kier alpha value is -0.700. The molecule has 0 aliphatic heterocycles. The average Bonchev–Trinajstić information content (AvgIpc) is 2.68.